The van der Waals surface area contributed by atoms with Crippen LogP contribution in [-0.2, 0) is 29.9 Å². The zero-order valence-electron chi connectivity index (χ0n) is 16.2. The Morgan fingerprint density at radius 2 is 2.10 bits per heavy atom. The molecule has 3 aromatic rings. The number of hydrogen-bond acceptors (Lipinski definition) is 5. The molecule has 29 heavy (non-hydrogen) atoms. The Hall–Kier alpha value is -1.83. The summed E-state index contributed by atoms with van der Waals surface area (Å²) in [7, 11) is 1.77. The second-order valence-electron chi connectivity index (χ2n) is 7.24. The number of carbonyl (C=O) groups is 1. The zero-order chi connectivity index (χ0) is 20.4. The molecule has 1 aliphatic carbocycles. The van der Waals surface area contributed by atoms with Crippen molar-refractivity contribution >= 4 is 50.8 Å². The molecule has 152 valence electrons. The average molecular weight is 448 g/mol. The molecule has 1 N–H and O–H groups in total. The Morgan fingerprint density at radius 3 is 2.93 bits per heavy atom. The summed E-state index contributed by atoms with van der Waals surface area (Å²) in [5.41, 5.74) is 2.07. The molecule has 0 saturated heterocycles. The van der Waals surface area contributed by atoms with Crippen LogP contribution in [0.1, 0.15) is 34.7 Å². The molecule has 1 aliphatic rings. The van der Waals surface area contributed by atoms with E-state index in [1.54, 1.807) is 23.3 Å². The van der Waals surface area contributed by atoms with Crippen molar-refractivity contribution in [1.82, 2.24) is 14.9 Å². The molecule has 0 saturated carbocycles. The minimum absolute atomic E-state index is 0.0185. The van der Waals surface area contributed by atoms with Gasteiger partial charge >= 0.3 is 0 Å². The largest absolute Gasteiger partial charge is 0.341 e. The van der Waals surface area contributed by atoms with Crippen molar-refractivity contribution in [2.24, 2.45) is 0 Å². The smallest absolute Gasteiger partial charge is 0.259 e. The summed E-state index contributed by atoms with van der Waals surface area (Å²) in [6.07, 6.45) is 4.34. The molecule has 2 heterocycles. The highest BCUT2D eigenvalue weighted by atomic mass is 35.5. The lowest BCUT2D eigenvalue weighted by Crippen LogP contribution is -2.28. The molecule has 0 unspecified atom stereocenters. The van der Waals surface area contributed by atoms with Crippen LogP contribution in [0, 0.1) is 0 Å². The first kappa shape index (κ1) is 20.4. The maximum absolute atomic E-state index is 12.6. The van der Waals surface area contributed by atoms with E-state index in [0.717, 1.165) is 35.0 Å². The van der Waals surface area contributed by atoms with Crippen molar-refractivity contribution in [3.63, 3.8) is 0 Å². The van der Waals surface area contributed by atoms with Crippen LogP contribution in [0.25, 0.3) is 10.2 Å². The first-order valence-corrected chi connectivity index (χ1v) is 12.0. The number of benzene rings is 1. The normalized spacial score (nSPS) is 13.4. The van der Waals surface area contributed by atoms with Gasteiger partial charge in [0.2, 0.25) is 5.91 Å². The molecular weight excluding hydrogens is 426 g/mol. The third-order valence-corrected chi connectivity index (χ3v) is 7.61. The van der Waals surface area contributed by atoms with Crippen LogP contribution in [0.3, 0.4) is 0 Å². The van der Waals surface area contributed by atoms with Gasteiger partial charge in [-0.15, -0.1) is 23.1 Å². The predicted octanol–water partition coefficient (Wildman–Crippen LogP) is 4.41. The molecule has 5 nitrogen and oxygen atoms in total. The summed E-state index contributed by atoms with van der Waals surface area (Å²) in [4.78, 5) is 36.4. The number of thiophene rings is 1. The molecule has 0 atom stereocenters. The maximum Gasteiger partial charge on any atom is 0.259 e. The number of nitrogens with zero attached hydrogens (tertiary/aromatic N) is 2. The second-order valence-corrected chi connectivity index (χ2v) is 9.71. The van der Waals surface area contributed by atoms with Crippen LogP contribution < -0.4 is 5.56 Å². The molecule has 8 heteroatoms. The van der Waals surface area contributed by atoms with Crippen molar-refractivity contribution in [3.8, 4) is 0 Å². The quantitative estimate of drug-likeness (QED) is 0.607. The van der Waals surface area contributed by atoms with Gasteiger partial charge in [-0.2, -0.15) is 0 Å². The number of hydrogen-bond donors (Lipinski definition) is 1. The van der Waals surface area contributed by atoms with Crippen molar-refractivity contribution < 1.29 is 4.79 Å². The van der Waals surface area contributed by atoms with Crippen molar-refractivity contribution in [3.05, 3.63) is 61.5 Å². The Labute approximate surface area is 182 Å². The number of aryl methyl sites for hydroxylation is 2. The van der Waals surface area contributed by atoms with Crippen molar-refractivity contribution in [2.45, 2.75) is 38.0 Å². The second kappa shape index (κ2) is 8.90. The van der Waals surface area contributed by atoms with Crippen LogP contribution in [0.5, 0.6) is 0 Å². The molecule has 0 radical (unpaired) electrons. The molecule has 4 rings (SSSR count). The topological polar surface area (TPSA) is 66.1 Å². The number of carbonyl (C=O) groups excluding carboxylic acids is 1. The predicted molar refractivity (Wildman–Crippen MR) is 121 cm³/mol. The summed E-state index contributed by atoms with van der Waals surface area (Å²) in [5.74, 6) is 1.47. The van der Waals surface area contributed by atoms with Crippen molar-refractivity contribution in [1.29, 1.82) is 0 Å². The first-order valence-electron chi connectivity index (χ1n) is 9.61. The fourth-order valence-corrected chi connectivity index (χ4v) is 5.90. The molecular formula is C21H22ClN3O2S2. The Bertz CT molecular complexity index is 1110. The zero-order valence-corrected chi connectivity index (χ0v) is 18.6. The fourth-order valence-electron chi connectivity index (χ4n) is 3.59. The third-order valence-electron chi connectivity index (χ3n) is 5.13. The fraction of sp³-hybridized carbons (Fsp3) is 0.381. The minimum Gasteiger partial charge on any atom is -0.341 e. The SMILES string of the molecule is CN(Cc1ccccc1Cl)C(=O)CSCc1nc2sc3c(c2c(=O)[nH]1)CCCC3. The van der Waals surface area contributed by atoms with Crippen LogP contribution in [0.2, 0.25) is 5.02 Å². The van der Waals surface area contributed by atoms with Crippen molar-refractivity contribution in [2.75, 3.05) is 12.8 Å². The number of thioether (sulfide) groups is 1. The summed E-state index contributed by atoms with van der Waals surface area (Å²) < 4.78 is 0. The Morgan fingerprint density at radius 1 is 1.31 bits per heavy atom. The van der Waals surface area contributed by atoms with Gasteiger partial charge < -0.3 is 9.88 Å². The van der Waals surface area contributed by atoms with Crippen LogP contribution in [0.4, 0.5) is 0 Å². The van der Waals surface area contributed by atoms with E-state index in [-0.39, 0.29) is 11.5 Å². The standard InChI is InChI=1S/C21H22ClN3O2S2/c1-25(10-13-6-2-4-8-15(13)22)18(26)12-28-11-17-23-20(27)19-14-7-3-5-9-16(14)29-21(19)24-17/h2,4,6,8H,3,5,7,9-12H2,1H3,(H,23,24,27). The van der Waals surface area contributed by atoms with Gasteiger partial charge in [-0.05, 0) is 42.9 Å². The van der Waals surface area contributed by atoms with E-state index in [1.807, 2.05) is 24.3 Å². The summed E-state index contributed by atoms with van der Waals surface area (Å²) in [6.45, 7) is 0.473. The highest BCUT2D eigenvalue weighted by Gasteiger charge is 2.20. The molecule has 0 bridgehead atoms. The summed E-state index contributed by atoms with van der Waals surface area (Å²) in [5, 5.41) is 1.43. The van der Waals surface area contributed by atoms with Gasteiger partial charge in [0.15, 0.2) is 0 Å². The van der Waals surface area contributed by atoms with Crippen LogP contribution >= 0.6 is 34.7 Å². The Balaban J connectivity index is 1.38. The summed E-state index contributed by atoms with van der Waals surface area (Å²) >= 11 is 9.28. The van der Waals surface area contributed by atoms with Gasteiger partial charge in [-0.25, -0.2) is 4.98 Å². The highest BCUT2D eigenvalue weighted by molar-refractivity contribution is 7.99. The van der Waals surface area contributed by atoms with Gasteiger partial charge in [0.25, 0.3) is 5.56 Å². The molecule has 0 spiro atoms. The van der Waals surface area contributed by atoms with Crippen LogP contribution in [-0.4, -0.2) is 33.6 Å². The van der Waals surface area contributed by atoms with Gasteiger partial charge in [0, 0.05) is 23.5 Å². The molecule has 0 fully saturated rings. The third kappa shape index (κ3) is 4.52. The van der Waals surface area contributed by atoms with Gasteiger partial charge in [0.1, 0.15) is 10.7 Å². The van der Waals surface area contributed by atoms with Gasteiger partial charge in [0.05, 0.1) is 16.9 Å². The molecule has 0 aliphatic heterocycles. The van der Waals surface area contributed by atoms with Gasteiger partial charge in [-0.3, -0.25) is 9.59 Å². The molecule has 1 aromatic carbocycles. The van der Waals surface area contributed by atoms with E-state index < -0.39 is 0 Å². The lowest BCUT2D eigenvalue weighted by Gasteiger charge is -2.17. The lowest BCUT2D eigenvalue weighted by atomic mass is 9.97. The molecule has 2 aromatic heterocycles. The molecule has 1 amide bonds. The monoisotopic (exact) mass is 447 g/mol. The van der Waals surface area contributed by atoms with Crippen LogP contribution in [0.15, 0.2) is 29.1 Å². The first-order chi connectivity index (χ1) is 14.0. The highest BCUT2D eigenvalue weighted by Crippen LogP contribution is 2.33. The van der Waals surface area contributed by atoms with Gasteiger partial charge in [-0.1, -0.05) is 29.8 Å². The number of aromatic nitrogens is 2. The number of halogens is 1. The average Bonchev–Trinajstić information content (AvgIpc) is 3.08. The number of amides is 1. The van der Waals surface area contributed by atoms with E-state index in [2.05, 4.69) is 9.97 Å². The van der Waals surface area contributed by atoms with E-state index in [4.69, 9.17) is 11.6 Å². The number of rotatable bonds is 6. The number of fused-ring (bicyclic) bond motifs is 3. The van der Waals surface area contributed by atoms with E-state index in [1.165, 1.54) is 28.6 Å². The lowest BCUT2D eigenvalue weighted by molar-refractivity contribution is -0.127. The summed E-state index contributed by atoms with van der Waals surface area (Å²) in [6, 6.07) is 7.53. The number of aromatic amines is 1. The maximum atomic E-state index is 12.6. The minimum atomic E-state index is -0.0489. The Kier molecular flexibility index (Phi) is 6.27. The van der Waals surface area contributed by atoms with E-state index in [9.17, 15) is 9.59 Å². The van der Waals surface area contributed by atoms with E-state index in [0.29, 0.717) is 28.9 Å². The number of nitrogens with one attached hydrogen (secondary N) is 1. The van der Waals surface area contributed by atoms with E-state index >= 15 is 0 Å². The number of H-pyrrole nitrogens is 1.